The summed E-state index contributed by atoms with van der Waals surface area (Å²) in [6, 6.07) is 3.29. The molecule has 0 aliphatic heterocycles. The molecule has 1 aromatic heterocycles. The standard InChI is InChI=1S/C10H16N4O3S/c1-11-9-8(4-3-5-12-9)10(15)13-6-7-14-18(2,16)17/h3-5,14H,6-7H2,1-2H3,(H,11,12)(H,13,15). The van der Waals surface area contributed by atoms with Gasteiger partial charge in [0.2, 0.25) is 10.0 Å². The summed E-state index contributed by atoms with van der Waals surface area (Å²) in [5.74, 6) is 0.175. The molecule has 0 aliphatic carbocycles. The van der Waals surface area contributed by atoms with Crippen molar-refractivity contribution in [2.45, 2.75) is 0 Å². The molecule has 0 aromatic carbocycles. The van der Waals surface area contributed by atoms with Crippen molar-refractivity contribution in [3.63, 3.8) is 0 Å². The topological polar surface area (TPSA) is 100 Å². The summed E-state index contributed by atoms with van der Waals surface area (Å²) in [6.45, 7) is 0.365. The molecule has 8 heteroatoms. The van der Waals surface area contributed by atoms with Crippen molar-refractivity contribution in [3.05, 3.63) is 23.9 Å². The van der Waals surface area contributed by atoms with Crippen LogP contribution in [0.4, 0.5) is 5.82 Å². The number of carbonyl (C=O) groups is 1. The quantitative estimate of drug-likeness (QED) is 0.601. The highest BCUT2D eigenvalue weighted by Gasteiger charge is 2.10. The Bertz CT molecular complexity index is 516. The fourth-order valence-corrected chi connectivity index (χ4v) is 1.77. The predicted molar refractivity (Wildman–Crippen MR) is 69.0 cm³/mol. The van der Waals surface area contributed by atoms with Crippen LogP contribution in [0.1, 0.15) is 10.4 Å². The molecular formula is C10H16N4O3S. The number of aromatic nitrogens is 1. The van der Waals surface area contributed by atoms with Crippen molar-refractivity contribution in [2.24, 2.45) is 0 Å². The first-order valence-corrected chi connectivity index (χ1v) is 7.19. The largest absolute Gasteiger partial charge is 0.372 e. The highest BCUT2D eigenvalue weighted by Crippen LogP contribution is 2.09. The van der Waals surface area contributed by atoms with E-state index in [1.54, 1.807) is 25.4 Å². The van der Waals surface area contributed by atoms with Crippen LogP contribution in [0.3, 0.4) is 0 Å². The Kier molecular flexibility index (Phi) is 5.05. The van der Waals surface area contributed by atoms with Gasteiger partial charge >= 0.3 is 0 Å². The van der Waals surface area contributed by atoms with Crippen molar-refractivity contribution in [2.75, 3.05) is 31.7 Å². The third-order valence-electron chi connectivity index (χ3n) is 2.06. The van der Waals surface area contributed by atoms with Crippen molar-refractivity contribution in [3.8, 4) is 0 Å². The summed E-state index contributed by atoms with van der Waals surface area (Å²) in [5.41, 5.74) is 0.416. The number of rotatable bonds is 6. The van der Waals surface area contributed by atoms with Gasteiger partial charge in [-0.15, -0.1) is 0 Å². The van der Waals surface area contributed by atoms with E-state index in [0.29, 0.717) is 11.4 Å². The number of sulfonamides is 1. The van der Waals surface area contributed by atoms with E-state index in [2.05, 4.69) is 20.3 Å². The van der Waals surface area contributed by atoms with Gasteiger partial charge in [0.1, 0.15) is 5.82 Å². The Morgan fingerprint density at radius 2 is 2.11 bits per heavy atom. The maximum atomic E-state index is 11.8. The smallest absolute Gasteiger partial charge is 0.255 e. The molecule has 3 N–H and O–H groups in total. The predicted octanol–water partition coefficient (Wildman–Crippen LogP) is -0.598. The molecule has 7 nitrogen and oxygen atoms in total. The fraction of sp³-hybridized carbons (Fsp3) is 0.400. The third-order valence-corrected chi connectivity index (χ3v) is 2.79. The van der Waals surface area contributed by atoms with Gasteiger partial charge in [-0.1, -0.05) is 0 Å². The molecule has 0 saturated heterocycles. The van der Waals surface area contributed by atoms with Gasteiger partial charge in [-0.2, -0.15) is 0 Å². The second-order valence-corrected chi connectivity index (χ2v) is 5.40. The zero-order valence-electron chi connectivity index (χ0n) is 10.2. The normalized spacial score (nSPS) is 11.0. The van der Waals surface area contributed by atoms with Crippen LogP contribution in [0.5, 0.6) is 0 Å². The van der Waals surface area contributed by atoms with Gasteiger partial charge in [-0.05, 0) is 12.1 Å². The molecule has 0 atom stereocenters. The lowest BCUT2D eigenvalue weighted by atomic mass is 10.2. The third kappa shape index (κ3) is 4.68. The van der Waals surface area contributed by atoms with Gasteiger partial charge in [-0.3, -0.25) is 4.79 Å². The Labute approximate surface area is 106 Å². The first-order valence-electron chi connectivity index (χ1n) is 5.29. The van der Waals surface area contributed by atoms with E-state index >= 15 is 0 Å². The van der Waals surface area contributed by atoms with Crippen LogP contribution >= 0.6 is 0 Å². The fourth-order valence-electron chi connectivity index (χ4n) is 1.30. The van der Waals surface area contributed by atoms with E-state index < -0.39 is 10.0 Å². The van der Waals surface area contributed by atoms with Crippen molar-refractivity contribution >= 4 is 21.7 Å². The molecule has 1 aromatic rings. The number of hydrogen-bond acceptors (Lipinski definition) is 5. The van der Waals surface area contributed by atoms with Crippen molar-refractivity contribution in [1.82, 2.24) is 15.0 Å². The maximum absolute atomic E-state index is 11.8. The Morgan fingerprint density at radius 1 is 1.39 bits per heavy atom. The number of carbonyl (C=O) groups excluding carboxylic acids is 1. The number of pyridine rings is 1. The molecule has 0 aliphatic rings. The first kappa shape index (κ1) is 14.4. The van der Waals surface area contributed by atoms with E-state index in [9.17, 15) is 13.2 Å². The number of amides is 1. The van der Waals surface area contributed by atoms with Crippen LogP contribution in [-0.4, -0.2) is 45.7 Å². The van der Waals surface area contributed by atoms with Gasteiger partial charge in [-0.25, -0.2) is 18.1 Å². The molecule has 18 heavy (non-hydrogen) atoms. The second kappa shape index (κ2) is 6.31. The average molecular weight is 272 g/mol. The molecule has 100 valence electrons. The second-order valence-electron chi connectivity index (χ2n) is 3.57. The lowest BCUT2D eigenvalue weighted by Crippen LogP contribution is -2.34. The Balaban J connectivity index is 2.51. The molecule has 0 spiro atoms. The van der Waals surface area contributed by atoms with Gasteiger partial charge < -0.3 is 10.6 Å². The molecule has 0 bridgehead atoms. The van der Waals surface area contributed by atoms with E-state index in [0.717, 1.165) is 6.26 Å². The zero-order valence-corrected chi connectivity index (χ0v) is 11.0. The van der Waals surface area contributed by atoms with Crippen LogP contribution in [-0.2, 0) is 10.0 Å². The molecule has 1 heterocycles. The SMILES string of the molecule is CNc1ncccc1C(=O)NCCNS(C)(=O)=O. The summed E-state index contributed by atoms with van der Waals surface area (Å²) < 4.78 is 23.9. The molecule has 0 radical (unpaired) electrons. The van der Waals surface area contributed by atoms with E-state index in [1.165, 1.54) is 0 Å². The number of nitrogens with zero attached hydrogens (tertiary/aromatic N) is 1. The first-order chi connectivity index (χ1) is 8.44. The maximum Gasteiger partial charge on any atom is 0.255 e. The number of anilines is 1. The van der Waals surface area contributed by atoms with Crippen LogP contribution < -0.4 is 15.4 Å². The van der Waals surface area contributed by atoms with Crippen LogP contribution in [0.25, 0.3) is 0 Å². The molecule has 1 amide bonds. The number of hydrogen-bond donors (Lipinski definition) is 3. The van der Waals surface area contributed by atoms with Crippen LogP contribution in [0.15, 0.2) is 18.3 Å². The molecule has 0 fully saturated rings. The molecule has 0 unspecified atom stereocenters. The van der Waals surface area contributed by atoms with E-state index in [4.69, 9.17) is 0 Å². The van der Waals surface area contributed by atoms with Gasteiger partial charge in [0.25, 0.3) is 5.91 Å². The lowest BCUT2D eigenvalue weighted by Gasteiger charge is -2.08. The monoisotopic (exact) mass is 272 g/mol. The average Bonchev–Trinajstić information content (AvgIpc) is 2.33. The van der Waals surface area contributed by atoms with Crippen molar-refractivity contribution in [1.29, 1.82) is 0 Å². The molecule has 0 saturated carbocycles. The lowest BCUT2D eigenvalue weighted by molar-refractivity contribution is 0.0955. The minimum atomic E-state index is -3.23. The highest BCUT2D eigenvalue weighted by molar-refractivity contribution is 7.88. The summed E-state index contributed by atoms with van der Waals surface area (Å²) in [5, 5.41) is 5.41. The summed E-state index contributed by atoms with van der Waals surface area (Å²) in [4.78, 5) is 15.8. The Morgan fingerprint density at radius 3 is 2.72 bits per heavy atom. The van der Waals surface area contributed by atoms with Gasteiger partial charge in [0, 0.05) is 26.3 Å². The summed E-state index contributed by atoms with van der Waals surface area (Å²) in [7, 11) is -1.55. The van der Waals surface area contributed by atoms with E-state index in [-0.39, 0.29) is 19.0 Å². The molecule has 1 rings (SSSR count). The zero-order chi connectivity index (χ0) is 13.6. The van der Waals surface area contributed by atoms with Gasteiger partial charge in [0.05, 0.1) is 11.8 Å². The number of nitrogens with one attached hydrogen (secondary N) is 3. The van der Waals surface area contributed by atoms with Crippen LogP contribution in [0, 0.1) is 0 Å². The summed E-state index contributed by atoms with van der Waals surface area (Å²) >= 11 is 0. The van der Waals surface area contributed by atoms with Crippen LogP contribution in [0.2, 0.25) is 0 Å². The van der Waals surface area contributed by atoms with Gasteiger partial charge in [0.15, 0.2) is 0 Å². The Hall–Kier alpha value is -1.67. The minimum Gasteiger partial charge on any atom is -0.372 e. The minimum absolute atomic E-state index is 0.153. The highest BCUT2D eigenvalue weighted by atomic mass is 32.2. The molecular weight excluding hydrogens is 256 g/mol. The van der Waals surface area contributed by atoms with E-state index in [1.807, 2.05) is 0 Å². The van der Waals surface area contributed by atoms with Crippen molar-refractivity contribution < 1.29 is 13.2 Å². The summed E-state index contributed by atoms with van der Waals surface area (Å²) in [6.07, 6.45) is 2.64.